The van der Waals surface area contributed by atoms with Crippen molar-refractivity contribution in [3.63, 3.8) is 0 Å². The Bertz CT molecular complexity index is 1240. The topological polar surface area (TPSA) is 63.7 Å². The zero-order chi connectivity index (χ0) is 25.4. The first kappa shape index (κ1) is 27.1. The number of hydrogen-bond acceptors (Lipinski definition) is 4. The predicted molar refractivity (Wildman–Crippen MR) is 142 cm³/mol. The van der Waals surface area contributed by atoms with E-state index < -0.39 is 15.9 Å². The lowest BCUT2D eigenvalue weighted by molar-refractivity contribution is -0.117. The highest BCUT2D eigenvalue weighted by Gasteiger charge is 2.30. The second-order valence-electron chi connectivity index (χ2n) is 8.27. The molecule has 0 spiro atoms. The Labute approximate surface area is 217 Å². The third-order valence-electron chi connectivity index (χ3n) is 5.46. The summed E-state index contributed by atoms with van der Waals surface area (Å²) in [6.07, 6.45) is 3.30. The lowest BCUT2D eigenvalue weighted by Gasteiger charge is -2.23. The highest BCUT2D eigenvalue weighted by atomic mass is 35.5. The molecule has 0 atom stereocenters. The van der Waals surface area contributed by atoms with Crippen molar-refractivity contribution in [2.24, 2.45) is 0 Å². The van der Waals surface area contributed by atoms with Crippen LogP contribution in [0.3, 0.4) is 0 Å². The minimum Gasteiger partial charge on any atom is -0.492 e. The Morgan fingerprint density at radius 2 is 1.63 bits per heavy atom. The number of sulfonamides is 1. The number of nitrogens with zero attached hydrogens (tertiary/aromatic N) is 1. The molecule has 3 rings (SSSR count). The number of benzene rings is 3. The molecule has 0 aliphatic heterocycles. The summed E-state index contributed by atoms with van der Waals surface area (Å²) in [4.78, 5) is 13.3. The van der Waals surface area contributed by atoms with E-state index in [1.54, 1.807) is 42.5 Å². The molecule has 0 bridgehead atoms. The van der Waals surface area contributed by atoms with Gasteiger partial charge in [-0.15, -0.1) is 0 Å². The number of hydrogen-bond donors (Lipinski definition) is 0. The van der Waals surface area contributed by atoms with Gasteiger partial charge in [0, 0.05) is 11.4 Å². The SMILES string of the molecule is CCCCc1ccc(N(C(=O)CCCOc2ccc(Cl)cc2Cl)S(=O)(=O)c2ccc(C)cc2)cc1. The maximum atomic E-state index is 13.5. The predicted octanol–water partition coefficient (Wildman–Crippen LogP) is 7.23. The van der Waals surface area contributed by atoms with Gasteiger partial charge in [0.1, 0.15) is 5.75 Å². The first-order chi connectivity index (χ1) is 16.7. The maximum Gasteiger partial charge on any atom is 0.270 e. The number of unbranched alkanes of at least 4 members (excludes halogenated alkanes) is 1. The Balaban J connectivity index is 1.79. The second-order valence-corrected chi connectivity index (χ2v) is 10.9. The van der Waals surface area contributed by atoms with Crippen LogP contribution >= 0.6 is 23.2 Å². The average molecular weight is 535 g/mol. The highest BCUT2D eigenvalue weighted by Crippen LogP contribution is 2.29. The van der Waals surface area contributed by atoms with Gasteiger partial charge in [-0.05, 0) is 74.2 Å². The van der Waals surface area contributed by atoms with Crippen molar-refractivity contribution in [3.8, 4) is 5.75 Å². The van der Waals surface area contributed by atoms with Gasteiger partial charge in [-0.1, -0.05) is 66.4 Å². The molecule has 0 aliphatic rings. The molecular formula is C27H29Cl2NO4S. The first-order valence-corrected chi connectivity index (χ1v) is 13.7. The fourth-order valence-electron chi connectivity index (χ4n) is 3.51. The summed E-state index contributed by atoms with van der Waals surface area (Å²) in [5.74, 6) is -0.0759. The molecule has 0 radical (unpaired) electrons. The molecule has 0 N–H and O–H groups in total. The Morgan fingerprint density at radius 1 is 0.943 bits per heavy atom. The molecule has 0 aliphatic carbocycles. The molecule has 186 valence electrons. The Kier molecular flexibility index (Phi) is 9.61. The van der Waals surface area contributed by atoms with Gasteiger partial charge < -0.3 is 4.74 Å². The number of ether oxygens (including phenoxy) is 1. The number of carbonyl (C=O) groups is 1. The average Bonchev–Trinajstić information content (AvgIpc) is 2.82. The molecule has 8 heteroatoms. The molecule has 0 unspecified atom stereocenters. The number of halogens is 2. The molecule has 0 aromatic heterocycles. The minimum atomic E-state index is -4.09. The molecule has 3 aromatic rings. The standard InChI is InChI=1S/C27H29Cl2NO4S/c1-3-4-6-21-10-13-23(14-11-21)30(35(32,33)24-15-8-20(2)9-16-24)27(31)7-5-18-34-26-17-12-22(28)19-25(26)29/h8-17,19H,3-7,18H2,1-2H3. The van der Waals surface area contributed by atoms with E-state index in [-0.39, 0.29) is 17.9 Å². The van der Waals surface area contributed by atoms with Crippen molar-refractivity contribution in [3.05, 3.63) is 87.9 Å². The Morgan fingerprint density at radius 3 is 2.26 bits per heavy atom. The second kappa shape index (κ2) is 12.4. The van der Waals surface area contributed by atoms with Crippen LogP contribution in [0.4, 0.5) is 5.69 Å². The van der Waals surface area contributed by atoms with Gasteiger partial charge in [0.2, 0.25) is 5.91 Å². The van der Waals surface area contributed by atoms with Crippen molar-refractivity contribution in [1.82, 2.24) is 0 Å². The van der Waals surface area contributed by atoms with Crippen LogP contribution in [-0.4, -0.2) is 20.9 Å². The summed E-state index contributed by atoms with van der Waals surface area (Å²) in [6.45, 7) is 4.19. The molecule has 1 amide bonds. The fourth-order valence-corrected chi connectivity index (χ4v) is 5.42. The molecule has 0 heterocycles. The van der Waals surface area contributed by atoms with E-state index in [1.807, 2.05) is 19.1 Å². The highest BCUT2D eigenvalue weighted by molar-refractivity contribution is 7.93. The fraction of sp³-hybridized carbons (Fsp3) is 0.296. The van der Waals surface area contributed by atoms with Crippen LogP contribution in [-0.2, 0) is 21.2 Å². The van der Waals surface area contributed by atoms with Crippen LogP contribution in [0.15, 0.2) is 71.6 Å². The Hall–Kier alpha value is -2.54. The smallest absolute Gasteiger partial charge is 0.270 e. The molecule has 0 saturated carbocycles. The molecule has 3 aromatic carbocycles. The largest absolute Gasteiger partial charge is 0.492 e. The van der Waals surface area contributed by atoms with Crippen LogP contribution in [0.5, 0.6) is 5.75 Å². The molecule has 0 saturated heterocycles. The monoisotopic (exact) mass is 533 g/mol. The first-order valence-electron chi connectivity index (χ1n) is 11.5. The zero-order valence-corrected chi connectivity index (χ0v) is 22.2. The van der Waals surface area contributed by atoms with Crippen LogP contribution in [0.2, 0.25) is 10.0 Å². The summed E-state index contributed by atoms with van der Waals surface area (Å²) in [7, 11) is -4.09. The van der Waals surface area contributed by atoms with Gasteiger partial charge >= 0.3 is 0 Å². The number of rotatable bonds is 11. The van der Waals surface area contributed by atoms with Gasteiger partial charge in [0.15, 0.2) is 0 Å². The lowest BCUT2D eigenvalue weighted by Crippen LogP contribution is -2.37. The van der Waals surface area contributed by atoms with E-state index in [0.29, 0.717) is 27.9 Å². The van der Waals surface area contributed by atoms with Crippen LogP contribution in [0, 0.1) is 6.92 Å². The summed E-state index contributed by atoms with van der Waals surface area (Å²) >= 11 is 12.0. The van der Waals surface area contributed by atoms with E-state index in [9.17, 15) is 13.2 Å². The number of carbonyl (C=O) groups excluding carboxylic acids is 1. The number of anilines is 1. The normalized spacial score (nSPS) is 11.3. The third kappa shape index (κ3) is 7.23. The third-order valence-corrected chi connectivity index (χ3v) is 7.76. The summed E-state index contributed by atoms with van der Waals surface area (Å²) < 4.78 is 33.6. The molecule has 5 nitrogen and oxygen atoms in total. The summed E-state index contributed by atoms with van der Waals surface area (Å²) in [5, 5.41) is 0.866. The molecule has 0 fully saturated rings. The van der Waals surface area contributed by atoms with Crippen molar-refractivity contribution in [2.75, 3.05) is 10.9 Å². The van der Waals surface area contributed by atoms with Gasteiger partial charge in [-0.25, -0.2) is 12.7 Å². The van der Waals surface area contributed by atoms with E-state index in [1.165, 1.54) is 12.1 Å². The van der Waals surface area contributed by atoms with Gasteiger partial charge in [-0.2, -0.15) is 0 Å². The lowest BCUT2D eigenvalue weighted by atomic mass is 10.1. The van der Waals surface area contributed by atoms with Crippen LogP contribution in [0.25, 0.3) is 0 Å². The summed E-state index contributed by atoms with van der Waals surface area (Å²) in [5.41, 5.74) is 2.35. The summed E-state index contributed by atoms with van der Waals surface area (Å²) in [6, 6.07) is 18.5. The maximum absolute atomic E-state index is 13.5. The zero-order valence-electron chi connectivity index (χ0n) is 19.8. The van der Waals surface area contributed by atoms with Crippen molar-refractivity contribution >= 4 is 44.8 Å². The minimum absolute atomic E-state index is 0.0200. The van der Waals surface area contributed by atoms with E-state index in [0.717, 1.165) is 34.7 Å². The molecular weight excluding hydrogens is 505 g/mol. The van der Waals surface area contributed by atoms with E-state index in [4.69, 9.17) is 27.9 Å². The van der Waals surface area contributed by atoms with Crippen molar-refractivity contribution in [1.29, 1.82) is 0 Å². The molecule has 35 heavy (non-hydrogen) atoms. The van der Waals surface area contributed by atoms with E-state index >= 15 is 0 Å². The number of aryl methyl sites for hydroxylation is 2. The van der Waals surface area contributed by atoms with E-state index in [2.05, 4.69) is 6.92 Å². The van der Waals surface area contributed by atoms with Gasteiger partial charge in [0.05, 0.1) is 22.2 Å². The van der Waals surface area contributed by atoms with Crippen molar-refractivity contribution < 1.29 is 17.9 Å². The van der Waals surface area contributed by atoms with Gasteiger partial charge in [0.25, 0.3) is 10.0 Å². The van der Waals surface area contributed by atoms with Crippen molar-refractivity contribution in [2.45, 2.75) is 50.8 Å². The quantitative estimate of drug-likeness (QED) is 0.244. The van der Waals surface area contributed by atoms with Crippen LogP contribution < -0.4 is 9.04 Å². The number of amides is 1. The van der Waals surface area contributed by atoms with Gasteiger partial charge in [-0.3, -0.25) is 4.79 Å². The van der Waals surface area contributed by atoms with Crippen LogP contribution in [0.1, 0.15) is 43.7 Å².